The third-order valence-electron chi connectivity index (χ3n) is 7.71. The Balaban J connectivity index is 1.30. The molecule has 3 heterocycles. The number of rotatable bonds is 7. The summed E-state index contributed by atoms with van der Waals surface area (Å²) < 4.78 is 11.0. The average Bonchev–Trinajstić information content (AvgIpc) is 2.91. The predicted molar refractivity (Wildman–Crippen MR) is 140 cm³/mol. The first-order chi connectivity index (χ1) is 17.1. The summed E-state index contributed by atoms with van der Waals surface area (Å²) in [7, 11) is 1.71. The molecule has 3 aliphatic rings. The van der Waals surface area contributed by atoms with Crippen LogP contribution in [0.25, 0.3) is 0 Å². The van der Waals surface area contributed by atoms with Gasteiger partial charge in [-0.3, -0.25) is 9.69 Å². The molecular weight excluding hydrogens is 440 g/mol. The third kappa shape index (κ3) is 5.41. The van der Waals surface area contributed by atoms with Crippen LogP contribution in [0.1, 0.15) is 17.5 Å². The lowest BCUT2D eigenvalue weighted by molar-refractivity contribution is -0.125. The minimum Gasteiger partial charge on any atom is -0.497 e. The zero-order chi connectivity index (χ0) is 24.2. The summed E-state index contributed by atoms with van der Waals surface area (Å²) >= 11 is 0. The van der Waals surface area contributed by atoms with E-state index in [1.54, 1.807) is 7.11 Å². The average molecular weight is 479 g/mol. The number of nitrogens with one attached hydrogen (secondary N) is 1. The van der Waals surface area contributed by atoms with E-state index in [1.807, 2.05) is 6.07 Å². The summed E-state index contributed by atoms with van der Waals surface area (Å²) in [4.78, 5) is 20.8. The van der Waals surface area contributed by atoms with Gasteiger partial charge in [0.15, 0.2) is 0 Å². The lowest BCUT2D eigenvalue weighted by Gasteiger charge is -2.49. The van der Waals surface area contributed by atoms with Crippen LogP contribution in [0.15, 0.2) is 42.5 Å². The first kappa shape index (κ1) is 23.9. The van der Waals surface area contributed by atoms with E-state index in [0.29, 0.717) is 0 Å². The van der Waals surface area contributed by atoms with Gasteiger partial charge in [0, 0.05) is 56.7 Å². The van der Waals surface area contributed by atoms with Gasteiger partial charge in [-0.15, -0.1) is 0 Å². The van der Waals surface area contributed by atoms with Crippen molar-refractivity contribution in [1.29, 1.82) is 0 Å². The molecule has 1 amide bonds. The van der Waals surface area contributed by atoms with E-state index >= 15 is 0 Å². The molecule has 2 fully saturated rings. The van der Waals surface area contributed by atoms with Gasteiger partial charge >= 0.3 is 0 Å². The smallest absolute Gasteiger partial charge is 0.225 e. The first-order valence-electron chi connectivity index (χ1n) is 13.0. The molecule has 35 heavy (non-hydrogen) atoms. The number of ether oxygens (including phenoxy) is 2. The molecule has 3 aliphatic heterocycles. The minimum atomic E-state index is -0.0764. The molecule has 188 valence electrons. The molecular formula is C28H38N4O3. The maximum absolute atomic E-state index is 13.5. The molecule has 2 saturated heterocycles. The topological polar surface area (TPSA) is 57.3 Å². The van der Waals surface area contributed by atoms with Gasteiger partial charge in [0.25, 0.3) is 0 Å². The molecule has 0 bridgehead atoms. The van der Waals surface area contributed by atoms with Crippen molar-refractivity contribution < 1.29 is 14.3 Å². The fourth-order valence-corrected chi connectivity index (χ4v) is 5.66. The highest BCUT2D eigenvalue weighted by molar-refractivity contribution is 5.82. The van der Waals surface area contributed by atoms with Gasteiger partial charge in [-0.2, -0.15) is 0 Å². The van der Waals surface area contributed by atoms with Gasteiger partial charge in [-0.1, -0.05) is 23.8 Å². The van der Waals surface area contributed by atoms with Gasteiger partial charge in [0.1, 0.15) is 5.75 Å². The maximum atomic E-state index is 13.5. The Morgan fingerprint density at radius 2 is 1.89 bits per heavy atom. The Morgan fingerprint density at radius 3 is 2.66 bits per heavy atom. The molecule has 2 aromatic rings. The molecule has 0 radical (unpaired) electrons. The monoisotopic (exact) mass is 478 g/mol. The highest BCUT2D eigenvalue weighted by atomic mass is 16.5. The number of fused-ring (bicyclic) bond motifs is 3. The van der Waals surface area contributed by atoms with Crippen LogP contribution in [-0.2, 0) is 16.0 Å². The van der Waals surface area contributed by atoms with Crippen LogP contribution in [0.3, 0.4) is 0 Å². The standard InChI is InChI=1S/C28H38N4O3/c1-21-4-7-23(8-5-21)31-12-13-32-26-19-24(34-2)9-6-22(26)18-25(27(32)20-31)28(33)29-10-3-11-30-14-16-35-17-15-30/h4-9,19,25,27H,3,10-18,20H2,1-2H3,(H,29,33)/t25-,27+/m0/s1. The van der Waals surface area contributed by atoms with Gasteiger partial charge in [-0.05, 0) is 50.1 Å². The number of anilines is 2. The summed E-state index contributed by atoms with van der Waals surface area (Å²) in [6.07, 6.45) is 1.73. The molecule has 5 rings (SSSR count). The number of nitrogens with zero attached hydrogens (tertiary/aromatic N) is 3. The SMILES string of the molecule is COc1ccc2c(c1)N1CCN(c3ccc(C)cc3)C[C@@H]1[C@@H](C(=O)NCCCN1CCOCC1)C2. The molecule has 0 saturated carbocycles. The fourth-order valence-electron chi connectivity index (χ4n) is 5.66. The van der Waals surface area contributed by atoms with Crippen LogP contribution in [0, 0.1) is 12.8 Å². The third-order valence-corrected chi connectivity index (χ3v) is 7.71. The van der Waals surface area contributed by atoms with Crippen molar-refractivity contribution >= 4 is 17.3 Å². The Kier molecular flexibility index (Phi) is 7.44. The van der Waals surface area contributed by atoms with E-state index in [9.17, 15) is 4.79 Å². The van der Waals surface area contributed by atoms with Gasteiger partial charge in [0.2, 0.25) is 5.91 Å². The first-order valence-corrected chi connectivity index (χ1v) is 13.0. The lowest BCUT2D eigenvalue weighted by atomic mass is 9.83. The number of benzene rings is 2. The van der Waals surface area contributed by atoms with E-state index in [4.69, 9.17) is 9.47 Å². The van der Waals surface area contributed by atoms with Crippen LogP contribution in [0.4, 0.5) is 11.4 Å². The van der Waals surface area contributed by atoms with Gasteiger partial charge < -0.3 is 24.6 Å². The second-order valence-electron chi connectivity index (χ2n) is 9.95. The second kappa shape index (κ2) is 10.9. The van der Waals surface area contributed by atoms with Crippen molar-refractivity contribution in [3.8, 4) is 5.75 Å². The summed E-state index contributed by atoms with van der Waals surface area (Å²) in [6.45, 7) is 10.1. The van der Waals surface area contributed by atoms with Crippen molar-refractivity contribution in [2.24, 2.45) is 5.92 Å². The molecule has 1 N–H and O–H groups in total. The summed E-state index contributed by atoms with van der Waals surface area (Å²) in [5.74, 6) is 0.969. The van der Waals surface area contributed by atoms with E-state index in [1.165, 1.54) is 22.5 Å². The quantitative estimate of drug-likeness (QED) is 0.618. The second-order valence-corrected chi connectivity index (χ2v) is 9.95. The number of carbonyl (C=O) groups is 1. The molecule has 0 aromatic heterocycles. The van der Waals surface area contributed by atoms with E-state index in [2.05, 4.69) is 63.3 Å². The van der Waals surface area contributed by atoms with Crippen LogP contribution in [0.2, 0.25) is 0 Å². The number of methoxy groups -OCH3 is 1. The van der Waals surface area contributed by atoms with Crippen LogP contribution in [0.5, 0.6) is 5.75 Å². The van der Waals surface area contributed by atoms with Gasteiger partial charge in [0.05, 0.1) is 32.3 Å². The highest BCUT2D eigenvalue weighted by Gasteiger charge is 2.41. The Hall–Kier alpha value is -2.77. The van der Waals surface area contributed by atoms with Crippen LogP contribution < -0.4 is 19.9 Å². The normalized spacial score (nSPS) is 22.3. The Morgan fingerprint density at radius 1 is 1.09 bits per heavy atom. The largest absolute Gasteiger partial charge is 0.497 e. The van der Waals surface area contributed by atoms with Crippen molar-refractivity contribution in [3.63, 3.8) is 0 Å². The molecule has 2 aromatic carbocycles. The number of hydrogen-bond acceptors (Lipinski definition) is 6. The number of carbonyl (C=O) groups excluding carboxylic acids is 1. The molecule has 0 spiro atoms. The fraction of sp³-hybridized carbons (Fsp3) is 0.536. The van der Waals surface area contributed by atoms with Crippen molar-refractivity contribution in [3.05, 3.63) is 53.6 Å². The maximum Gasteiger partial charge on any atom is 0.225 e. The van der Waals surface area contributed by atoms with E-state index in [-0.39, 0.29) is 17.9 Å². The molecule has 0 aliphatic carbocycles. The van der Waals surface area contributed by atoms with Crippen LogP contribution in [-0.4, -0.2) is 83.0 Å². The lowest BCUT2D eigenvalue weighted by Crippen LogP contribution is -2.61. The summed E-state index contributed by atoms with van der Waals surface area (Å²) in [6, 6.07) is 15.2. The number of amides is 1. The molecule has 2 atom stereocenters. The zero-order valence-corrected chi connectivity index (χ0v) is 21.0. The number of aryl methyl sites for hydroxylation is 1. The number of hydrogen-bond donors (Lipinski definition) is 1. The van der Waals surface area contributed by atoms with Crippen molar-refractivity contribution in [2.75, 3.05) is 75.9 Å². The summed E-state index contributed by atoms with van der Waals surface area (Å²) in [5.41, 5.74) is 4.95. The van der Waals surface area contributed by atoms with Gasteiger partial charge in [-0.25, -0.2) is 0 Å². The highest BCUT2D eigenvalue weighted by Crippen LogP contribution is 2.39. The molecule has 0 unspecified atom stereocenters. The summed E-state index contributed by atoms with van der Waals surface area (Å²) in [5, 5.41) is 3.27. The van der Waals surface area contributed by atoms with Crippen LogP contribution >= 0.6 is 0 Å². The Labute approximate surface area is 209 Å². The number of morpholine rings is 1. The predicted octanol–water partition coefficient (Wildman–Crippen LogP) is 2.71. The van der Waals surface area contributed by atoms with Crippen molar-refractivity contribution in [2.45, 2.75) is 25.8 Å². The zero-order valence-electron chi connectivity index (χ0n) is 21.0. The molecule has 7 nitrogen and oxygen atoms in total. The molecule has 7 heteroatoms. The number of piperazine rings is 1. The minimum absolute atomic E-state index is 0.0764. The van der Waals surface area contributed by atoms with E-state index < -0.39 is 0 Å². The Bertz CT molecular complexity index is 1010. The van der Waals surface area contributed by atoms with E-state index in [0.717, 1.165) is 77.6 Å². The van der Waals surface area contributed by atoms with Crippen molar-refractivity contribution in [1.82, 2.24) is 10.2 Å².